The molecule has 3 atom stereocenters. The largest absolute Gasteiger partial charge is 0.394 e. The highest BCUT2D eigenvalue weighted by atomic mass is 16.5. The highest BCUT2D eigenvalue weighted by molar-refractivity contribution is 5.22. The molecule has 7 heteroatoms. The molecule has 2 heterocycles. The summed E-state index contributed by atoms with van der Waals surface area (Å²) in [6.07, 6.45) is -0.249. The van der Waals surface area contributed by atoms with Gasteiger partial charge in [0.05, 0.1) is 12.7 Å². The number of hydrogen-bond acceptors (Lipinski definition) is 5. The van der Waals surface area contributed by atoms with Crippen LogP contribution in [0.4, 0.5) is 0 Å². The van der Waals surface area contributed by atoms with E-state index in [9.17, 15) is 14.7 Å². The van der Waals surface area contributed by atoms with Crippen LogP contribution in [0.15, 0.2) is 46.1 Å². The van der Waals surface area contributed by atoms with E-state index in [2.05, 4.69) is 4.98 Å². The number of aliphatic hydroxyl groups is 2. The molecule has 0 amide bonds. The van der Waals surface area contributed by atoms with Gasteiger partial charge >= 0.3 is 5.69 Å². The second kappa shape index (κ2) is 6.49. The number of rotatable bonds is 4. The summed E-state index contributed by atoms with van der Waals surface area (Å²) in [6.45, 7) is -0.327. The first-order chi connectivity index (χ1) is 11.1. The third-order valence-electron chi connectivity index (χ3n) is 3.97. The second-order valence-corrected chi connectivity index (χ2v) is 5.60. The molecule has 0 spiro atoms. The fourth-order valence-corrected chi connectivity index (χ4v) is 2.73. The molecule has 3 N–H and O–H groups in total. The van der Waals surface area contributed by atoms with E-state index in [4.69, 9.17) is 9.84 Å². The summed E-state index contributed by atoms with van der Waals surface area (Å²) < 4.78 is 6.74. The van der Waals surface area contributed by atoms with Crippen LogP contribution < -0.4 is 11.2 Å². The van der Waals surface area contributed by atoms with Crippen molar-refractivity contribution in [1.82, 2.24) is 9.55 Å². The third-order valence-corrected chi connectivity index (χ3v) is 3.97. The number of nitrogens with one attached hydrogen (secondary N) is 1. The highest BCUT2D eigenvalue weighted by Gasteiger charge is 2.35. The summed E-state index contributed by atoms with van der Waals surface area (Å²) in [5.41, 5.74) is 0.347. The van der Waals surface area contributed by atoms with Crippen LogP contribution in [0.2, 0.25) is 0 Å². The maximum absolute atomic E-state index is 12.0. The van der Waals surface area contributed by atoms with Gasteiger partial charge in [-0.1, -0.05) is 30.3 Å². The Balaban J connectivity index is 1.92. The maximum Gasteiger partial charge on any atom is 0.330 e. The van der Waals surface area contributed by atoms with Crippen LogP contribution in [0.3, 0.4) is 0 Å². The smallest absolute Gasteiger partial charge is 0.330 e. The molecule has 1 aromatic heterocycles. The van der Waals surface area contributed by atoms with Gasteiger partial charge in [0.1, 0.15) is 12.3 Å². The summed E-state index contributed by atoms with van der Waals surface area (Å²) in [5, 5.41) is 18.9. The molecule has 1 saturated heterocycles. The zero-order chi connectivity index (χ0) is 16.4. The van der Waals surface area contributed by atoms with E-state index in [1.54, 1.807) is 0 Å². The Morgan fingerprint density at radius 1 is 1.26 bits per heavy atom. The Morgan fingerprint density at radius 2 is 2.00 bits per heavy atom. The SMILES string of the molecule is O=c1[nH]c(=O)n([C@H]2C[C@@H](O)[C@H](CO)O2)cc1Cc1ccccc1. The predicted molar refractivity (Wildman–Crippen MR) is 82.2 cm³/mol. The van der Waals surface area contributed by atoms with Crippen molar-refractivity contribution in [3.63, 3.8) is 0 Å². The van der Waals surface area contributed by atoms with Crippen molar-refractivity contribution < 1.29 is 14.9 Å². The Morgan fingerprint density at radius 3 is 2.65 bits per heavy atom. The molecule has 0 aliphatic carbocycles. The van der Waals surface area contributed by atoms with Crippen LogP contribution in [-0.4, -0.2) is 38.6 Å². The van der Waals surface area contributed by atoms with E-state index in [1.807, 2.05) is 30.3 Å². The topological polar surface area (TPSA) is 105 Å². The molecule has 0 saturated carbocycles. The standard InChI is InChI=1S/C16H18N2O5/c19-9-13-12(20)7-14(23-13)18-8-11(15(21)17-16(18)22)6-10-4-2-1-3-5-10/h1-5,8,12-14,19-20H,6-7,9H2,(H,17,21,22)/t12-,13+,14-/m1/s1. The molecular weight excluding hydrogens is 300 g/mol. The van der Waals surface area contributed by atoms with E-state index < -0.39 is 29.7 Å². The van der Waals surface area contributed by atoms with Gasteiger partial charge in [-0.2, -0.15) is 0 Å². The Kier molecular flexibility index (Phi) is 4.42. The number of H-pyrrole nitrogens is 1. The average Bonchev–Trinajstić information content (AvgIpc) is 2.91. The van der Waals surface area contributed by atoms with Crippen LogP contribution in [0.5, 0.6) is 0 Å². The number of aliphatic hydroxyl groups excluding tert-OH is 2. The first kappa shape index (κ1) is 15.7. The molecule has 1 aliphatic heterocycles. The van der Waals surface area contributed by atoms with E-state index in [-0.39, 0.29) is 13.0 Å². The zero-order valence-electron chi connectivity index (χ0n) is 12.4. The number of aromatic nitrogens is 2. The van der Waals surface area contributed by atoms with Gasteiger partial charge in [-0.3, -0.25) is 14.3 Å². The van der Waals surface area contributed by atoms with E-state index in [1.165, 1.54) is 10.8 Å². The van der Waals surface area contributed by atoms with Crippen molar-refractivity contribution in [2.75, 3.05) is 6.61 Å². The van der Waals surface area contributed by atoms with Gasteiger partial charge in [0.15, 0.2) is 0 Å². The fourth-order valence-electron chi connectivity index (χ4n) is 2.73. The van der Waals surface area contributed by atoms with Gasteiger partial charge in [-0.15, -0.1) is 0 Å². The summed E-state index contributed by atoms with van der Waals surface area (Å²) in [7, 11) is 0. The van der Waals surface area contributed by atoms with Gasteiger partial charge in [0.2, 0.25) is 0 Å². The molecule has 1 aliphatic rings. The Bertz CT molecular complexity index is 783. The molecule has 23 heavy (non-hydrogen) atoms. The van der Waals surface area contributed by atoms with Crippen molar-refractivity contribution in [1.29, 1.82) is 0 Å². The molecule has 7 nitrogen and oxygen atoms in total. The third kappa shape index (κ3) is 3.26. The van der Waals surface area contributed by atoms with Crippen LogP contribution in [0.1, 0.15) is 23.8 Å². The lowest BCUT2D eigenvalue weighted by Crippen LogP contribution is -2.34. The van der Waals surface area contributed by atoms with Gasteiger partial charge < -0.3 is 14.9 Å². The minimum atomic E-state index is -0.846. The Hall–Kier alpha value is -2.22. The summed E-state index contributed by atoms with van der Waals surface area (Å²) in [4.78, 5) is 26.3. The lowest BCUT2D eigenvalue weighted by Gasteiger charge is -2.15. The van der Waals surface area contributed by atoms with Crippen molar-refractivity contribution >= 4 is 0 Å². The van der Waals surface area contributed by atoms with E-state index >= 15 is 0 Å². The molecule has 1 aromatic carbocycles. The van der Waals surface area contributed by atoms with Crippen LogP contribution in [0, 0.1) is 0 Å². The van der Waals surface area contributed by atoms with Gasteiger partial charge in [0, 0.05) is 24.6 Å². The van der Waals surface area contributed by atoms with Crippen LogP contribution in [0.25, 0.3) is 0 Å². The number of ether oxygens (including phenoxy) is 1. The molecule has 0 radical (unpaired) electrons. The monoisotopic (exact) mass is 318 g/mol. The number of hydrogen-bond donors (Lipinski definition) is 3. The van der Waals surface area contributed by atoms with Crippen molar-refractivity contribution in [2.24, 2.45) is 0 Å². The molecule has 2 aromatic rings. The van der Waals surface area contributed by atoms with Gasteiger partial charge in [0.25, 0.3) is 5.56 Å². The summed E-state index contributed by atoms with van der Waals surface area (Å²) in [5.74, 6) is 0. The maximum atomic E-state index is 12.0. The van der Waals surface area contributed by atoms with E-state index in [0.717, 1.165) is 5.56 Å². The number of nitrogens with zero attached hydrogens (tertiary/aromatic N) is 1. The average molecular weight is 318 g/mol. The minimum Gasteiger partial charge on any atom is -0.394 e. The van der Waals surface area contributed by atoms with Crippen molar-refractivity contribution in [3.05, 3.63) is 68.5 Å². The molecular formula is C16H18N2O5. The second-order valence-electron chi connectivity index (χ2n) is 5.60. The predicted octanol–water partition coefficient (Wildman–Crippen LogP) is -0.232. The molecule has 3 rings (SSSR count). The Labute approximate surface area is 131 Å². The quantitative estimate of drug-likeness (QED) is 0.722. The van der Waals surface area contributed by atoms with Crippen molar-refractivity contribution in [2.45, 2.75) is 31.3 Å². The summed E-state index contributed by atoms with van der Waals surface area (Å²) in [6, 6.07) is 9.43. The molecule has 0 bridgehead atoms. The van der Waals surface area contributed by atoms with E-state index in [0.29, 0.717) is 12.0 Å². The van der Waals surface area contributed by atoms with Gasteiger partial charge in [-0.25, -0.2) is 4.79 Å². The first-order valence-corrected chi connectivity index (χ1v) is 7.41. The minimum absolute atomic E-state index is 0.182. The molecule has 1 fully saturated rings. The summed E-state index contributed by atoms with van der Waals surface area (Å²) >= 11 is 0. The number of benzene rings is 1. The first-order valence-electron chi connectivity index (χ1n) is 7.41. The highest BCUT2D eigenvalue weighted by Crippen LogP contribution is 2.27. The lowest BCUT2D eigenvalue weighted by atomic mass is 10.1. The van der Waals surface area contributed by atoms with Crippen LogP contribution in [-0.2, 0) is 11.2 Å². The van der Waals surface area contributed by atoms with Gasteiger partial charge in [-0.05, 0) is 5.56 Å². The molecule has 122 valence electrons. The fraction of sp³-hybridized carbons (Fsp3) is 0.375. The van der Waals surface area contributed by atoms with Crippen LogP contribution >= 0.6 is 0 Å². The zero-order valence-corrected chi connectivity index (χ0v) is 12.4. The normalized spacial score (nSPS) is 24.0. The van der Waals surface area contributed by atoms with Crippen molar-refractivity contribution in [3.8, 4) is 0 Å². The number of aromatic amines is 1. The lowest BCUT2D eigenvalue weighted by molar-refractivity contribution is -0.0459. The molecule has 0 unspecified atom stereocenters.